The van der Waals surface area contributed by atoms with Gasteiger partial charge in [-0.1, -0.05) is 24.3 Å². The summed E-state index contributed by atoms with van der Waals surface area (Å²) in [4.78, 5) is 41.7. The lowest BCUT2D eigenvalue weighted by atomic mass is 10.2. The van der Waals surface area contributed by atoms with Gasteiger partial charge >= 0.3 is 22.6 Å². The van der Waals surface area contributed by atoms with Crippen LogP contribution < -0.4 is 11.3 Å². The summed E-state index contributed by atoms with van der Waals surface area (Å²) >= 11 is 3.03. The number of hydrogen-bond acceptors (Lipinski definition) is 9. The third-order valence-corrected chi connectivity index (χ3v) is 4.66. The molecule has 0 atom stereocenters. The van der Waals surface area contributed by atoms with Crippen molar-refractivity contribution in [3.63, 3.8) is 0 Å². The SMILES string of the molecule is O=c1oc2ccccc2c(Br)c1[N+](=O)[O-].O=c1oc2ccccc2c(O)c1[N+](=O)[O-]. The maximum Gasteiger partial charge on any atom is 0.419 e. The number of rotatable bonds is 2. The Morgan fingerprint density at radius 1 is 0.767 bits per heavy atom. The van der Waals surface area contributed by atoms with E-state index in [0.717, 1.165) is 0 Å². The Morgan fingerprint density at radius 2 is 1.20 bits per heavy atom. The minimum atomic E-state index is -1.16. The van der Waals surface area contributed by atoms with Crippen LogP contribution in [0.3, 0.4) is 0 Å². The lowest BCUT2D eigenvalue weighted by Crippen LogP contribution is -2.07. The summed E-state index contributed by atoms with van der Waals surface area (Å²) in [6.45, 7) is 0. The van der Waals surface area contributed by atoms with Gasteiger partial charge in [-0.05, 0) is 40.2 Å². The van der Waals surface area contributed by atoms with Crippen LogP contribution in [-0.4, -0.2) is 15.0 Å². The normalized spacial score (nSPS) is 10.4. The third kappa shape index (κ3) is 3.75. The smallest absolute Gasteiger partial charge is 0.419 e. The Morgan fingerprint density at radius 3 is 1.73 bits per heavy atom. The summed E-state index contributed by atoms with van der Waals surface area (Å²) in [7, 11) is 0. The molecule has 0 unspecified atom stereocenters. The van der Waals surface area contributed by atoms with Crippen molar-refractivity contribution in [2.24, 2.45) is 0 Å². The molecule has 12 heteroatoms. The molecular formula is C18H9BrN2O9. The lowest BCUT2D eigenvalue weighted by molar-refractivity contribution is -0.388. The number of nitro groups is 2. The quantitative estimate of drug-likeness (QED) is 0.256. The second-order valence-electron chi connectivity index (χ2n) is 5.65. The fraction of sp³-hybridized carbons (Fsp3) is 0. The molecule has 2 heterocycles. The summed E-state index contributed by atoms with van der Waals surface area (Å²) in [6, 6.07) is 12.6. The zero-order valence-electron chi connectivity index (χ0n) is 14.6. The topological polar surface area (TPSA) is 167 Å². The van der Waals surface area contributed by atoms with Gasteiger partial charge in [-0.25, -0.2) is 9.59 Å². The highest BCUT2D eigenvalue weighted by molar-refractivity contribution is 9.10. The van der Waals surface area contributed by atoms with Crippen LogP contribution in [0.5, 0.6) is 5.75 Å². The van der Waals surface area contributed by atoms with Crippen molar-refractivity contribution in [2.75, 3.05) is 0 Å². The standard InChI is InChI=1S/C9H4BrNO4.C9H5NO5/c10-7-5-3-1-2-4-6(5)15-9(12)8(7)11(13)14;11-8-5-3-1-2-4-6(5)15-9(12)7(8)10(13)14/h1-4H;1-4,11H. The first kappa shape index (κ1) is 20.7. The fourth-order valence-corrected chi connectivity index (χ4v) is 3.18. The fourth-order valence-electron chi connectivity index (χ4n) is 2.54. The molecule has 0 aliphatic carbocycles. The van der Waals surface area contributed by atoms with Crippen LogP contribution in [0.15, 0.2) is 71.4 Å². The van der Waals surface area contributed by atoms with Gasteiger partial charge in [-0.2, -0.15) is 0 Å². The van der Waals surface area contributed by atoms with E-state index < -0.39 is 38.2 Å². The Balaban J connectivity index is 0.000000171. The molecule has 0 spiro atoms. The zero-order valence-corrected chi connectivity index (χ0v) is 16.2. The first-order valence-electron chi connectivity index (χ1n) is 7.97. The first-order valence-corrected chi connectivity index (χ1v) is 8.76. The third-order valence-electron chi connectivity index (χ3n) is 3.86. The van der Waals surface area contributed by atoms with Crippen molar-refractivity contribution in [3.05, 3.63) is 94.1 Å². The van der Waals surface area contributed by atoms with Gasteiger partial charge in [0.2, 0.25) is 5.75 Å². The van der Waals surface area contributed by atoms with Crippen molar-refractivity contribution in [2.45, 2.75) is 0 Å². The van der Waals surface area contributed by atoms with Gasteiger partial charge in [0, 0.05) is 5.39 Å². The minimum absolute atomic E-state index is 0.116. The predicted octanol–water partition coefficient (Wildman–Crippen LogP) is 3.87. The van der Waals surface area contributed by atoms with E-state index >= 15 is 0 Å². The molecule has 2 aromatic heterocycles. The summed E-state index contributed by atoms with van der Waals surface area (Å²) in [5.74, 6) is -0.660. The summed E-state index contributed by atoms with van der Waals surface area (Å²) in [5.41, 5.74) is -3.19. The summed E-state index contributed by atoms with van der Waals surface area (Å²) in [5, 5.41) is 31.2. The largest absolute Gasteiger partial charge is 0.501 e. The van der Waals surface area contributed by atoms with Crippen LogP contribution in [0, 0.1) is 20.2 Å². The van der Waals surface area contributed by atoms with Gasteiger partial charge in [0.15, 0.2) is 0 Å². The van der Waals surface area contributed by atoms with E-state index in [2.05, 4.69) is 20.3 Å². The van der Waals surface area contributed by atoms with E-state index in [-0.39, 0.29) is 15.4 Å². The van der Waals surface area contributed by atoms with Crippen LogP contribution in [-0.2, 0) is 0 Å². The molecule has 0 radical (unpaired) electrons. The Labute approximate surface area is 173 Å². The average molecular weight is 477 g/mol. The van der Waals surface area contributed by atoms with Gasteiger partial charge in [0.25, 0.3) is 0 Å². The van der Waals surface area contributed by atoms with Gasteiger partial charge in [0.05, 0.1) is 15.2 Å². The molecule has 30 heavy (non-hydrogen) atoms. The van der Waals surface area contributed by atoms with Crippen molar-refractivity contribution in [1.82, 2.24) is 0 Å². The van der Waals surface area contributed by atoms with Gasteiger partial charge in [-0.3, -0.25) is 20.2 Å². The molecule has 11 nitrogen and oxygen atoms in total. The number of aromatic hydroxyl groups is 1. The molecule has 152 valence electrons. The van der Waals surface area contributed by atoms with E-state index in [1.807, 2.05) is 0 Å². The van der Waals surface area contributed by atoms with E-state index in [1.54, 1.807) is 36.4 Å². The number of nitrogens with zero attached hydrogens (tertiary/aromatic N) is 2. The van der Waals surface area contributed by atoms with E-state index in [4.69, 9.17) is 4.42 Å². The number of hydrogen-bond donors (Lipinski definition) is 1. The van der Waals surface area contributed by atoms with Crippen LogP contribution in [0.25, 0.3) is 21.9 Å². The van der Waals surface area contributed by atoms with Gasteiger partial charge in [0.1, 0.15) is 15.6 Å². The molecule has 0 amide bonds. The Hall–Kier alpha value is -4.06. The van der Waals surface area contributed by atoms with Crippen LogP contribution in [0.1, 0.15) is 0 Å². The Bertz CT molecular complexity index is 1320. The van der Waals surface area contributed by atoms with E-state index in [0.29, 0.717) is 11.0 Å². The molecule has 0 saturated carbocycles. The second-order valence-corrected chi connectivity index (χ2v) is 6.44. The number of halogens is 1. The van der Waals surface area contributed by atoms with Crippen molar-refractivity contribution >= 4 is 49.2 Å². The molecule has 2 aromatic carbocycles. The van der Waals surface area contributed by atoms with Gasteiger partial charge < -0.3 is 13.9 Å². The van der Waals surface area contributed by atoms with Crippen LogP contribution in [0.4, 0.5) is 11.4 Å². The van der Waals surface area contributed by atoms with Gasteiger partial charge in [-0.15, -0.1) is 0 Å². The van der Waals surface area contributed by atoms with Crippen molar-refractivity contribution in [1.29, 1.82) is 0 Å². The molecule has 1 N–H and O–H groups in total. The number of fused-ring (bicyclic) bond motifs is 2. The maximum atomic E-state index is 11.3. The monoisotopic (exact) mass is 476 g/mol. The number of para-hydroxylation sites is 2. The van der Waals surface area contributed by atoms with E-state index in [1.165, 1.54) is 12.1 Å². The molecule has 0 bridgehead atoms. The Kier molecular flexibility index (Phi) is 5.60. The highest BCUT2D eigenvalue weighted by Crippen LogP contribution is 2.30. The molecule has 0 aliphatic rings. The molecule has 4 aromatic rings. The van der Waals surface area contributed by atoms with Crippen LogP contribution in [0.2, 0.25) is 0 Å². The number of benzene rings is 2. The summed E-state index contributed by atoms with van der Waals surface area (Å²) in [6.07, 6.45) is 0. The molecule has 0 aliphatic heterocycles. The van der Waals surface area contributed by atoms with Crippen molar-refractivity contribution in [3.8, 4) is 5.75 Å². The second kappa shape index (κ2) is 8.13. The maximum absolute atomic E-state index is 11.3. The average Bonchev–Trinajstić information content (AvgIpc) is 2.68. The first-order chi connectivity index (χ1) is 14.2. The zero-order chi connectivity index (χ0) is 22.0. The lowest BCUT2D eigenvalue weighted by Gasteiger charge is -1.98. The highest BCUT2D eigenvalue weighted by Gasteiger charge is 2.24. The molecule has 0 fully saturated rings. The molecular weight excluding hydrogens is 468 g/mol. The highest BCUT2D eigenvalue weighted by atomic mass is 79.9. The van der Waals surface area contributed by atoms with Crippen molar-refractivity contribution < 1.29 is 23.8 Å². The minimum Gasteiger partial charge on any atom is -0.501 e. The molecule has 4 rings (SSSR count). The predicted molar refractivity (Wildman–Crippen MR) is 108 cm³/mol. The summed E-state index contributed by atoms with van der Waals surface area (Å²) < 4.78 is 9.64. The van der Waals surface area contributed by atoms with E-state index in [9.17, 15) is 34.9 Å². The molecule has 0 saturated heterocycles. The van der Waals surface area contributed by atoms with Crippen LogP contribution >= 0.6 is 15.9 Å².